The largest absolute Gasteiger partial charge is 0.481 e. The molecule has 1 aromatic rings. The molecule has 13 heteroatoms. The van der Waals surface area contributed by atoms with E-state index in [1.165, 1.54) is 6.92 Å². The molecule has 252 valence electrons. The Balaban J connectivity index is 0.00000353. The van der Waals surface area contributed by atoms with Crippen LogP contribution < -0.4 is 15.8 Å². The molecular formula is C32H49N3O10. The first-order valence-corrected chi connectivity index (χ1v) is 14.5. The minimum Gasteiger partial charge on any atom is -0.481 e. The minimum atomic E-state index is -1.27. The molecule has 45 heavy (non-hydrogen) atoms. The predicted molar refractivity (Wildman–Crippen MR) is 165 cm³/mol. The van der Waals surface area contributed by atoms with E-state index in [4.69, 9.17) is 25.1 Å². The number of benzene rings is 1. The molecule has 1 amide bonds. The van der Waals surface area contributed by atoms with Gasteiger partial charge in [0.2, 0.25) is 5.91 Å². The highest BCUT2D eigenvalue weighted by Crippen LogP contribution is 2.61. The van der Waals surface area contributed by atoms with Crippen LogP contribution in [0.3, 0.4) is 0 Å². The van der Waals surface area contributed by atoms with Crippen LogP contribution in [0, 0.1) is 6.92 Å². The van der Waals surface area contributed by atoms with Gasteiger partial charge in [0, 0.05) is 36.6 Å². The second-order valence-corrected chi connectivity index (χ2v) is 11.7. The number of likely N-dealkylation sites (tertiary alicyclic amines) is 1. The Hall–Kier alpha value is -3.52. The number of fused-ring (bicyclic) bond motifs is 1. The number of hydrogen-bond donors (Lipinski definition) is 5. The molecule has 3 aliphatic rings. The monoisotopic (exact) mass is 635 g/mol. The quantitative estimate of drug-likeness (QED) is 0.221. The number of aliphatic hydroxyl groups is 2. The van der Waals surface area contributed by atoms with Crippen molar-refractivity contribution in [1.29, 1.82) is 0 Å². The Morgan fingerprint density at radius 1 is 1.22 bits per heavy atom. The van der Waals surface area contributed by atoms with Crippen LogP contribution >= 0.6 is 0 Å². The predicted octanol–water partition coefficient (Wildman–Crippen LogP) is 1.67. The summed E-state index contributed by atoms with van der Waals surface area (Å²) in [6.45, 7) is 5.59. The molecule has 2 heterocycles. The topological polar surface area (TPSA) is 198 Å². The highest BCUT2D eigenvalue weighted by Gasteiger charge is 2.69. The van der Waals surface area contributed by atoms with E-state index in [9.17, 15) is 29.4 Å². The number of carbonyl (C=O) groups is 4. The second kappa shape index (κ2) is 14.7. The van der Waals surface area contributed by atoms with Crippen LogP contribution in [0.1, 0.15) is 77.5 Å². The first-order valence-electron chi connectivity index (χ1n) is 14.5. The summed E-state index contributed by atoms with van der Waals surface area (Å²) in [6.07, 6.45) is -0.142. The number of amides is 1. The Morgan fingerprint density at radius 2 is 1.91 bits per heavy atom. The van der Waals surface area contributed by atoms with Crippen molar-refractivity contribution >= 4 is 23.8 Å². The molecule has 4 rings (SSSR count). The summed E-state index contributed by atoms with van der Waals surface area (Å²) in [5.41, 5.74) is 5.45. The van der Waals surface area contributed by atoms with Gasteiger partial charge in [-0.05, 0) is 58.8 Å². The fraction of sp³-hybridized carbons (Fsp3) is 0.625. The van der Waals surface area contributed by atoms with Crippen LogP contribution in [0.25, 0.3) is 0 Å². The molecule has 1 aromatic carbocycles. The molecule has 0 radical (unpaired) electrons. The Morgan fingerprint density at radius 3 is 2.56 bits per heavy atom. The zero-order valence-corrected chi connectivity index (χ0v) is 24.9. The van der Waals surface area contributed by atoms with Gasteiger partial charge in [0.1, 0.15) is 17.6 Å². The highest BCUT2D eigenvalue weighted by atomic mass is 16.6. The van der Waals surface area contributed by atoms with E-state index in [0.717, 1.165) is 11.1 Å². The molecule has 1 fully saturated rings. The number of rotatable bonds is 11. The van der Waals surface area contributed by atoms with Crippen molar-refractivity contribution in [2.45, 2.75) is 110 Å². The van der Waals surface area contributed by atoms with Crippen molar-refractivity contribution < 1.29 is 48.7 Å². The highest BCUT2D eigenvalue weighted by molar-refractivity contribution is 5.81. The van der Waals surface area contributed by atoms with Crippen LogP contribution in [0.15, 0.2) is 24.0 Å². The van der Waals surface area contributed by atoms with E-state index in [1.807, 2.05) is 27.0 Å². The van der Waals surface area contributed by atoms with Gasteiger partial charge in [0.25, 0.3) is 0 Å². The molecule has 1 spiro atoms. The summed E-state index contributed by atoms with van der Waals surface area (Å²) in [5, 5.41) is 33.6. The maximum Gasteiger partial charge on any atom is 0.352 e. The first kappa shape index (κ1) is 37.7. The molecule has 6 N–H and O–H groups in total. The number of aliphatic carboxylic acids is 1. The van der Waals surface area contributed by atoms with Gasteiger partial charge in [-0.25, -0.2) is 4.79 Å². The lowest BCUT2D eigenvalue weighted by molar-refractivity contribution is -0.171. The van der Waals surface area contributed by atoms with Crippen molar-refractivity contribution in [3.8, 4) is 5.75 Å². The van der Waals surface area contributed by atoms with Crippen LogP contribution in [0.2, 0.25) is 0 Å². The second-order valence-electron chi connectivity index (χ2n) is 11.7. The van der Waals surface area contributed by atoms with Crippen molar-refractivity contribution in [1.82, 2.24) is 10.2 Å². The van der Waals surface area contributed by atoms with E-state index in [2.05, 4.69) is 10.2 Å². The third kappa shape index (κ3) is 6.86. The lowest BCUT2D eigenvalue weighted by Gasteiger charge is -2.58. The zero-order chi connectivity index (χ0) is 31.7. The van der Waals surface area contributed by atoms with Gasteiger partial charge in [-0.15, -0.1) is 0 Å². The van der Waals surface area contributed by atoms with Crippen molar-refractivity contribution in [3.63, 3.8) is 0 Å². The average Bonchev–Trinajstić information content (AvgIpc) is 3.33. The number of nitrogens with zero attached hydrogens (tertiary/aromatic N) is 1. The molecule has 0 unspecified atom stereocenters. The van der Waals surface area contributed by atoms with Crippen LogP contribution in [0.4, 0.5) is 0 Å². The van der Waals surface area contributed by atoms with E-state index in [-0.39, 0.29) is 65.5 Å². The molecule has 6 atom stereocenters. The lowest BCUT2D eigenvalue weighted by Crippen LogP contribution is -2.71. The number of aryl methyl sites for hydroxylation is 1. The number of carboxylic acids is 1. The SMILES string of the molecule is C.C.Cc1ccc(CO)c2c1[C@]13CCN(C)[C@H](C)[C@]1(O)CC=C(OC(=O)[C@H](C)OC(=O)CCNC(=O)CC[C@H](N)C(=O)O)[C@@H]3O2. The number of nitrogens with one attached hydrogen (secondary N) is 1. The molecule has 2 aliphatic heterocycles. The normalized spacial score (nSPS) is 26.2. The molecular weight excluding hydrogens is 586 g/mol. The number of ether oxygens (including phenoxy) is 3. The third-order valence-electron chi connectivity index (χ3n) is 9.11. The van der Waals surface area contributed by atoms with E-state index in [1.54, 1.807) is 12.1 Å². The number of likely N-dealkylation sites (N-methyl/N-ethyl adjacent to an activating group) is 1. The fourth-order valence-electron chi connectivity index (χ4n) is 6.50. The van der Waals surface area contributed by atoms with Gasteiger partial charge in [-0.2, -0.15) is 0 Å². The zero-order valence-electron chi connectivity index (χ0n) is 24.9. The van der Waals surface area contributed by atoms with E-state index >= 15 is 0 Å². The van der Waals surface area contributed by atoms with Gasteiger partial charge in [-0.3, -0.25) is 14.4 Å². The van der Waals surface area contributed by atoms with Crippen LogP contribution in [-0.2, 0) is 40.7 Å². The van der Waals surface area contributed by atoms with E-state index < -0.39 is 53.1 Å². The van der Waals surface area contributed by atoms with Crippen LogP contribution in [0.5, 0.6) is 5.75 Å². The van der Waals surface area contributed by atoms with Crippen molar-refractivity contribution in [3.05, 3.63) is 40.7 Å². The van der Waals surface area contributed by atoms with Gasteiger partial charge in [-0.1, -0.05) is 27.0 Å². The lowest BCUT2D eigenvalue weighted by atomic mass is 9.54. The van der Waals surface area contributed by atoms with Crippen LogP contribution in [-0.4, -0.2) is 94.1 Å². The Labute approximate surface area is 264 Å². The fourth-order valence-corrected chi connectivity index (χ4v) is 6.50. The summed E-state index contributed by atoms with van der Waals surface area (Å²) in [7, 11) is 1.95. The number of carbonyl (C=O) groups excluding carboxylic acids is 3. The Kier molecular flexibility index (Phi) is 12.3. The van der Waals surface area contributed by atoms with Gasteiger partial charge < -0.3 is 45.5 Å². The molecule has 0 aromatic heterocycles. The average molecular weight is 636 g/mol. The summed E-state index contributed by atoms with van der Waals surface area (Å²) < 4.78 is 17.5. The maximum atomic E-state index is 13.1. The Bertz CT molecular complexity index is 1320. The number of hydrogen-bond acceptors (Lipinski definition) is 11. The van der Waals surface area contributed by atoms with Crippen molar-refractivity contribution in [2.75, 3.05) is 20.1 Å². The summed E-state index contributed by atoms with van der Waals surface area (Å²) in [6, 6.07) is 2.27. The summed E-state index contributed by atoms with van der Waals surface area (Å²) in [4.78, 5) is 50.1. The summed E-state index contributed by atoms with van der Waals surface area (Å²) in [5.74, 6) is -2.55. The molecule has 0 saturated carbocycles. The summed E-state index contributed by atoms with van der Waals surface area (Å²) >= 11 is 0. The molecule has 0 bridgehead atoms. The van der Waals surface area contributed by atoms with Gasteiger partial charge in [0.05, 0.1) is 24.0 Å². The molecule has 1 saturated heterocycles. The number of piperidine rings is 1. The number of nitrogens with two attached hydrogens (primary N) is 1. The smallest absolute Gasteiger partial charge is 0.352 e. The third-order valence-corrected chi connectivity index (χ3v) is 9.11. The maximum absolute atomic E-state index is 13.1. The molecule has 13 nitrogen and oxygen atoms in total. The van der Waals surface area contributed by atoms with E-state index in [0.29, 0.717) is 24.3 Å². The van der Waals surface area contributed by atoms with Gasteiger partial charge >= 0.3 is 17.9 Å². The number of esters is 2. The first-order chi connectivity index (χ1) is 20.3. The van der Waals surface area contributed by atoms with Gasteiger partial charge in [0.15, 0.2) is 12.2 Å². The van der Waals surface area contributed by atoms with Crippen molar-refractivity contribution in [2.24, 2.45) is 5.73 Å². The standard InChI is InChI=1S/C30H41N3O10.2CH4/c1-16-5-6-19(15-34)25-24(16)29-12-14-33(4)18(3)30(29,40)11-9-21(26(29)43-25)42-28(39)17(2)41-23(36)10-13-32-22(35)8-7-20(31)27(37)38;;/h5-6,9,17-18,20,26,34,40H,7-8,10-15,31H2,1-4H3,(H,32,35)(H,37,38);2*1H4/t17-,18+,20-,26-,29-,30+;;/m0../s1. The number of carboxylic acid groups (broad SMARTS) is 1. The molecule has 1 aliphatic carbocycles. The number of aliphatic hydroxyl groups excluding tert-OH is 1. The minimum absolute atomic E-state index is 0.